The molecule has 166 valence electrons. The van der Waals surface area contributed by atoms with Gasteiger partial charge in [-0.3, -0.25) is 0 Å². The zero-order valence-corrected chi connectivity index (χ0v) is 21.1. The number of imidazole rings is 1. The summed E-state index contributed by atoms with van der Waals surface area (Å²) >= 11 is 1.50. The lowest BCUT2D eigenvalue weighted by molar-refractivity contribution is 0.372. The van der Waals surface area contributed by atoms with Crippen LogP contribution in [0, 0.1) is 0 Å². The van der Waals surface area contributed by atoms with Gasteiger partial charge in [0.05, 0.1) is 11.9 Å². The number of nitrogens with one attached hydrogen (secondary N) is 2. The number of benzene rings is 1. The van der Waals surface area contributed by atoms with Crippen LogP contribution >= 0.6 is 35.5 Å². The van der Waals surface area contributed by atoms with Crippen LogP contribution in [0.25, 0.3) is 11.3 Å². The third-order valence-electron chi connectivity index (χ3n) is 5.05. The third kappa shape index (κ3) is 5.94. The predicted molar refractivity (Wildman–Crippen MR) is 137 cm³/mol. The monoisotopic (exact) mass is 552 g/mol. The Hall–Kier alpha value is -2.21. The Morgan fingerprint density at radius 1 is 1.16 bits per heavy atom. The number of aromatic amines is 1. The zero-order chi connectivity index (χ0) is 20.8. The van der Waals surface area contributed by atoms with Crippen molar-refractivity contribution in [2.24, 2.45) is 4.99 Å². The molecule has 0 unspecified atom stereocenters. The first kappa shape index (κ1) is 23.5. The van der Waals surface area contributed by atoms with Gasteiger partial charge in [0.1, 0.15) is 18.2 Å². The highest BCUT2D eigenvalue weighted by Gasteiger charge is 2.22. The lowest BCUT2D eigenvalue weighted by Gasteiger charge is -2.36. The molecule has 1 aromatic carbocycles. The highest BCUT2D eigenvalue weighted by Crippen LogP contribution is 2.19. The molecule has 2 N–H and O–H groups in total. The van der Waals surface area contributed by atoms with Gasteiger partial charge >= 0.3 is 0 Å². The quantitative estimate of drug-likeness (QED) is 0.277. The van der Waals surface area contributed by atoms with Gasteiger partial charge in [-0.05, 0) is 12.5 Å². The standard InChI is InChI=1S/C21H28N8S.HI/c1-3-18-26-21(30-27-18)29-12-10-28(11-13-29)20(22-4-2)24-15-19-23-14-17(25-19)16-8-6-5-7-9-16;/h5-9,14H,3-4,10-13,15H2,1-2H3,(H,22,24)(H,23,25);1H. The number of hydrogen-bond donors (Lipinski definition) is 2. The van der Waals surface area contributed by atoms with E-state index in [1.54, 1.807) is 0 Å². The van der Waals surface area contributed by atoms with E-state index in [9.17, 15) is 0 Å². The average Bonchev–Trinajstić information content (AvgIpc) is 3.47. The summed E-state index contributed by atoms with van der Waals surface area (Å²) in [6.07, 6.45) is 2.75. The summed E-state index contributed by atoms with van der Waals surface area (Å²) in [5, 5.41) is 4.44. The Kier molecular flexibility index (Phi) is 8.64. The lowest BCUT2D eigenvalue weighted by Crippen LogP contribution is -2.52. The molecule has 10 heteroatoms. The number of rotatable bonds is 6. The smallest absolute Gasteiger partial charge is 0.205 e. The lowest BCUT2D eigenvalue weighted by atomic mass is 10.2. The molecule has 0 amide bonds. The maximum absolute atomic E-state index is 4.82. The number of piperazine rings is 1. The first-order valence-corrected chi connectivity index (χ1v) is 11.2. The molecule has 3 heterocycles. The van der Waals surface area contributed by atoms with Gasteiger partial charge in [-0.25, -0.2) is 15.0 Å². The summed E-state index contributed by atoms with van der Waals surface area (Å²) in [4.78, 5) is 21.9. The van der Waals surface area contributed by atoms with Gasteiger partial charge in [0.2, 0.25) is 5.13 Å². The van der Waals surface area contributed by atoms with Gasteiger partial charge in [-0.2, -0.15) is 4.37 Å². The fourth-order valence-electron chi connectivity index (χ4n) is 3.41. The van der Waals surface area contributed by atoms with Gasteiger partial charge in [-0.15, -0.1) is 24.0 Å². The van der Waals surface area contributed by atoms with Crippen LogP contribution in [0.1, 0.15) is 25.5 Å². The molecule has 1 saturated heterocycles. The minimum Gasteiger partial charge on any atom is -0.357 e. The van der Waals surface area contributed by atoms with E-state index in [-0.39, 0.29) is 24.0 Å². The number of halogens is 1. The highest BCUT2D eigenvalue weighted by atomic mass is 127. The SMILES string of the molecule is CCNC(=NCc1ncc(-c2ccccc2)[nH]1)N1CCN(c2nc(CC)ns2)CC1.I. The van der Waals surface area contributed by atoms with Crippen molar-refractivity contribution in [3.63, 3.8) is 0 Å². The van der Waals surface area contributed by atoms with Crippen LogP contribution < -0.4 is 10.2 Å². The van der Waals surface area contributed by atoms with E-state index in [1.165, 1.54) is 11.5 Å². The molecule has 0 bridgehead atoms. The van der Waals surface area contributed by atoms with E-state index >= 15 is 0 Å². The number of aryl methyl sites for hydroxylation is 1. The Balaban J connectivity index is 0.00000272. The maximum atomic E-state index is 4.82. The van der Waals surface area contributed by atoms with Crippen molar-refractivity contribution in [3.05, 3.63) is 48.2 Å². The number of anilines is 1. The summed E-state index contributed by atoms with van der Waals surface area (Å²) in [5.41, 5.74) is 2.15. The van der Waals surface area contributed by atoms with Crippen molar-refractivity contribution in [1.29, 1.82) is 0 Å². The minimum atomic E-state index is 0. The van der Waals surface area contributed by atoms with Crippen molar-refractivity contribution in [3.8, 4) is 11.3 Å². The molecule has 8 nitrogen and oxygen atoms in total. The summed E-state index contributed by atoms with van der Waals surface area (Å²) in [7, 11) is 0. The van der Waals surface area contributed by atoms with E-state index in [2.05, 4.69) is 60.4 Å². The third-order valence-corrected chi connectivity index (χ3v) is 5.86. The largest absolute Gasteiger partial charge is 0.357 e. The first-order valence-electron chi connectivity index (χ1n) is 10.5. The molecule has 1 aliphatic heterocycles. The molecule has 1 aliphatic rings. The van der Waals surface area contributed by atoms with Crippen molar-refractivity contribution < 1.29 is 0 Å². The van der Waals surface area contributed by atoms with E-state index in [0.717, 1.165) is 73.1 Å². The highest BCUT2D eigenvalue weighted by molar-refractivity contribution is 14.0. The molecule has 0 saturated carbocycles. The summed E-state index contributed by atoms with van der Waals surface area (Å²) in [6, 6.07) is 10.2. The molecule has 0 spiro atoms. The number of guanidine groups is 1. The molecule has 2 aromatic heterocycles. The molecule has 0 atom stereocenters. The second kappa shape index (κ2) is 11.4. The molecular weight excluding hydrogens is 523 g/mol. The molecular formula is C21H29IN8S. The van der Waals surface area contributed by atoms with Gasteiger partial charge in [0.25, 0.3) is 0 Å². The second-order valence-electron chi connectivity index (χ2n) is 7.10. The number of H-pyrrole nitrogens is 1. The van der Waals surface area contributed by atoms with E-state index < -0.39 is 0 Å². The van der Waals surface area contributed by atoms with Crippen LogP contribution in [0.2, 0.25) is 0 Å². The van der Waals surface area contributed by atoms with E-state index in [1.807, 2.05) is 24.4 Å². The number of nitrogens with zero attached hydrogens (tertiary/aromatic N) is 6. The van der Waals surface area contributed by atoms with Crippen LogP contribution in [0.3, 0.4) is 0 Å². The van der Waals surface area contributed by atoms with Crippen molar-refractivity contribution in [2.75, 3.05) is 37.6 Å². The fraction of sp³-hybridized carbons (Fsp3) is 0.429. The van der Waals surface area contributed by atoms with E-state index in [0.29, 0.717) is 6.54 Å². The second-order valence-corrected chi connectivity index (χ2v) is 7.83. The molecule has 4 rings (SSSR count). The Morgan fingerprint density at radius 3 is 2.61 bits per heavy atom. The normalized spacial score (nSPS) is 14.5. The zero-order valence-electron chi connectivity index (χ0n) is 17.9. The van der Waals surface area contributed by atoms with Crippen LogP contribution in [0.5, 0.6) is 0 Å². The number of aliphatic imine (C=N–C) groups is 1. The summed E-state index contributed by atoms with van der Waals surface area (Å²) < 4.78 is 4.41. The van der Waals surface area contributed by atoms with Crippen molar-refractivity contribution in [2.45, 2.75) is 26.8 Å². The summed E-state index contributed by atoms with van der Waals surface area (Å²) in [6.45, 7) is 9.18. The number of aromatic nitrogens is 4. The molecule has 0 aliphatic carbocycles. The van der Waals surface area contributed by atoms with Gasteiger partial charge in [0.15, 0.2) is 5.96 Å². The fourth-order valence-corrected chi connectivity index (χ4v) is 4.21. The topological polar surface area (TPSA) is 85.3 Å². The molecule has 31 heavy (non-hydrogen) atoms. The Morgan fingerprint density at radius 2 is 1.94 bits per heavy atom. The van der Waals surface area contributed by atoms with Crippen LogP contribution in [-0.2, 0) is 13.0 Å². The number of hydrogen-bond acceptors (Lipinski definition) is 6. The van der Waals surface area contributed by atoms with E-state index in [4.69, 9.17) is 4.99 Å². The predicted octanol–water partition coefficient (Wildman–Crippen LogP) is 3.40. The minimum absolute atomic E-state index is 0. The Labute approximate surface area is 204 Å². The average molecular weight is 552 g/mol. The van der Waals surface area contributed by atoms with Gasteiger partial charge in [-0.1, -0.05) is 37.3 Å². The maximum Gasteiger partial charge on any atom is 0.205 e. The van der Waals surface area contributed by atoms with Gasteiger partial charge < -0.3 is 20.1 Å². The van der Waals surface area contributed by atoms with Gasteiger partial charge in [0, 0.05) is 50.7 Å². The van der Waals surface area contributed by atoms with Crippen LogP contribution in [0.15, 0.2) is 41.5 Å². The molecule has 0 radical (unpaired) electrons. The van der Waals surface area contributed by atoms with Crippen molar-refractivity contribution in [1.82, 2.24) is 29.5 Å². The summed E-state index contributed by atoms with van der Waals surface area (Å²) in [5.74, 6) is 2.73. The van der Waals surface area contributed by atoms with Crippen LogP contribution in [0.4, 0.5) is 5.13 Å². The Bertz CT molecular complexity index is 963. The van der Waals surface area contributed by atoms with Crippen LogP contribution in [-0.4, -0.2) is 62.9 Å². The van der Waals surface area contributed by atoms with Crippen molar-refractivity contribution >= 4 is 46.6 Å². The molecule has 3 aromatic rings. The molecule has 1 fully saturated rings. The first-order chi connectivity index (χ1) is 14.8.